The maximum atomic E-state index is 3.51. The number of hydrogen-bond acceptors (Lipinski definition) is 0. The van der Waals surface area contributed by atoms with Gasteiger partial charge in [0.15, 0.2) is 0 Å². The van der Waals surface area contributed by atoms with E-state index in [0.717, 1.165) is 5.92 Å². The molecule has 1 aliphatic carbocycles. The molecule has 1 fully saturated rings. The maximum absolute atomic E-state index is 3.51. The number of quaternary nitrogens is 2. The third-order valence-corrected chi connectivity index (χ3v) is 5.52. The predicted octanol–water partition coefficient (Wildman–Crippen LogP) is 1.09. The van der Waals surface area contributed by atoms with E-state index in [1.54, 1.807) is 4.90 Å². The second kappa shape index (κ2) is 7.57. The number of benzene rings is 1. The van der Waals surface area contributed by atoms with Crippen molar-refractivity contribution in [3.8, 4) is 0 Å². The smallest absolute Gasteiger partial charge is 0.127 e. The molecule has 1 aliphatic heterocycles. The Balaban J connectivity index is 1.42. The van der Waals surface area contributed by atoms with E-state index in [1.807, 2.05) is 4.90 Å². The van der Waals surface area contributed by atoms with Gasteiger partial charge in [-0.1, -0.05) is 40.2 Å². The van der Waals surface area contributed by atoms with Gasteiger partial charge in [-0.05, 0) is 31.4 Å². The molecule has 1 atom stereocenters. The fourth-order valence-electron chi connectivity index (χ4n) is 3.68. The largest absolute Gasteiger partial charge is 0.325 e. The van der Waals surface area contributed by atoms with Crippen LogP contribution in [0.4, 0.5) is 0 Å². The lowest BCUT2D eigenvalue weighted by Gasteiger charge is -2.32. The molecule has 1 aromatic rings. The van der Waals surface area contributed by atoms with Crippen molar-refractivity contribution in [2.75, 3.05) is 32.7 Å². The summed E-state index contributed by atoms with van der Waals surface area (Å²) >= 11 is 3.51. The zero-order valence-corrected chi connectivity index (χ0v) is 14.4. The molecule has 0 spiro atoms. The molecule has 0 radical (unpaired) electrons. The fourth-order valence-corrected chi connectivity index (χ4v) is 3.94. The van der Waals surface area contributed by atoms with E-state index in [2.05, 4.69) is 52.3 Å². The van der Waals surface area contributed by atoms with Crippen LogP contribution in [-0.4, -0.2) is 32.7 Å². The van der Waals surface area contributed by atoms with Crippen LogP contribution in [0.2, 0.25) is 0 Å². The van der Waals surface area contributed by atoms with Crippen LogP contribution in [0.25, 0.3) is 0 Å². The monoisotopic (exact) mass is 350 g/mol. The molecule has 114 valence electrons. The second-order valence-corrected chi connectivity index (χ2v) is 7.57. The molecule has 0 unspecified atom stereocenters. The summed E-state index contributed by atoms with van der Waals surface area (Å²) in [6.45, 7) is 7.95. The fraction of sp³-hybridized carbons (Fsp3) is 0.556. The Morgan fingerprint density at radius 1 is 0.952 bits per heavy atom. The molecule has 3 heteroatoms. The number of allylic oxidation sites excluding steroid dienone is 2. The molecule has 1 aromatic carbocycles. The number of piperazine rings is 1. The number of nitrogens with one attached hydrogen (secondary N) is 2. The number of hydrogen-bond donors (Lipinski definition) is 2. The summed E-state index contributed by atoms with van der Waals surface area (Å²) in [5.74, 6) is 0.943. The van der Waals surface area contributed by atoms with Gasteiger partial charge in [0.2, 0.25) is 0 Å². The minimum absolute atomic E-state index is 0.943. The molecule has 21 heavy (non-hydrogen) atoms. The Kier molecular flexibility index (Phi) is 5.50. The van der Waals surface area contributed by atoms with Crippen LogP contribution < -0.4 is 9.80 Å². The van der Waals surface area contributed by atoms with Crippen LogP contribution in [0.15, 0.2) is 40.9 Å². The Hall–Kier alpha value is -0.640. The summed E-state index contributed by atoms with van der Waals surface area (Å²) in [4.78, 5) is 3.60. The van der Waals surface area contributed by atoms with Gasteiger partial charge >= 0.3 is 0 Å². The first kappa shape index (κ1) is 15.3. The minimum atomic E-state index is 0.943. The van der Waals surface area contributed by atoms with Gasteiger partial charge in [-0.2, -0.15) is 0 Å². The molecule has 1 heterocycles. The summed E-state index contributed by atoms with van der Waals surface area (Å²) in [6, 6.07) is 8.83. The quantitative estimate of drug-likeness (QED) is 0.752. The lowest BCUT2D eigenvalue weighted by atomic mass is 9.94. The lowest BCUT2D eigenvalue weighted by molar-refractivity contribution is -1.02. The van der Waals surface area contributed by atoms with E-state index >= 15 is 0 Å². The van der Waals surface area contributed by atoms with E-state index in [0.29, 0.717) is 0 Å². The van der Waals surface area contributed by atoms with Gasteiger partial charge in [0, 0.05) is 16.0 Å². The van der Waals surface area contributed by atoms with E-state index < -0.39 is 0 Å². The zero-order chi connectivity index (χ0) is 14.5. The zero-order valence-electron chi connectivity index (χ0n) is 12.8. The highest BCUT2D eigenvalue weighted by Crippen LogP contribution is 2.16. The van der Waals surface area contributed by atoms with Crippen LogP contribution in [-0.2, 0) is 6.54 Å². The highest BCUT2D eigenvalue weighted by Gasteiger charge is 2.25. The Morgan fingerprint density at radius 2 is 1.67 bits per heavy atom. The van der Waals surface area contributed by atoms with Crippen LogP contribution in [0, 0.1) is 5.92 Å². The van der Waals surface area contributed by atoms with Gasteiger partial charge < -0.3 is 9.80 Å². The first-order valence-electron chi connectivity index (χ1n) is 8.36. The molecular weight excluding hydrogens is 324 g/mol. The van der Waals surface area contributed by atoms with E-state index in [4.69, 9.17) is 0 Å². The summed E-state index contributed by atoms with van der Waals surface area (Å²) < 4.78 is 1.18. The second-order valence-electron chi connectivity index (χ2n) is 6.66. The van der Waals surface area contributed by atoms with Crippen molar-refractivity contribution >= 4 is 15.9 Å². The van der Waals surface area contributed by atoms with Crippen molar-refractivity contribution in [2.45, 2.75) is 25.8 Å². The van der Waals surface area contributed by atoms with Crippen molar-refractivity contribution in [3.63, 3.8) is 0 Å². The first-order valence-corrected chi connectivity index (χ1v) is 9.15. The Morgan fingerprint density at radius 3 is 2.33 bits per heavy atom. The Labute approximate surface area is 136 Å². The summed E-state index contributed by atoms with van der Waals surface area (Å²) in [5.41, 5.74) is 1.47. The number of halogens is 1. The molecular formula is C18H27BrN2+2. The first-order chi connectivity index (χ1) is 10.3. The highest BCUT2D eigenvalue weighted by molar-refractivity contribution is 9.10. The van der Waals surface area contributed by atoms with Gasteiger partial charge in [-0.3, -0.25) is 0 Å². The van der Waals surface area contributed by atoms with Gasteiger partial charge in [-0.15, -0.1) is 0 Å². The topological polar surface area (TPSA) is 8.88 Å². The van der Waals surface area contributed by atoms with Gasteiger partial charge in [0.25, 0.3) is 0 Å². The molecule has 2 aliphatic rings. The van der Waals surface area contributed by atoms with Gasteiger partial charge in [-0.25, -0.2) is 0 Å². The standard InChI is InChI=1S/C18H25BrN2/c19-18-8-6-17(7-9-18)15-21-12-10-20(11-13-21)14-16-4-2-1-3-5-16/h1-2,6-9,16H,3-5,10-15H2/p+2/t16-/m1/s1. The minimum Gasteiger partial charge on any atom is -0.325 e. The third kappa shape index (κ3) is 4.67. The normalized spacial score (nSPS) is 29.5. The summed E-state index contributed by atoms with van der Waals surface area (Å²) in [6.07, 6.45) is 8.78. The van der Waals surface area contributed by atoms with E-state index in [9.17, 15) is 0 Å². The SMILES string of the molecule is Brc1ccc(C[NH+]2CC[NH+](C[C@@H]3CC=CCC3)CC2)cc1. The van der Waals surface area contributed by atoms with Crippen LogP contribution in [0.3, 0.4) is 0 Å². The van der Waals surface area contributed by atoms with Crippen molar-refractivity contribution < 1.29 is 9.80 Å². The van der Waals surface area contributed by atoms with Crippen molar-refractivity contribution in [2.24, 2.45) is 5.92 Å². The summed E-state index contributed by atoms with van der Waals surface area (Å²) in [5, 5.41) is 0. The average Bonchev–Trinajstić information content (AvgIpc) is 2.53. The lowest BCUT2D eigenvalue weighted by Crippen LogP contribution is -3.27. The van der Waals surface area contributed by atoms with Crippen LogP contribution in [0.1, 0.15) is 24.8 Å². The number of rotatable bonds is 4. The van der Waals surface area contributed by atoms with Crippen LogP contribution >= 0.6 is 15.9 Å². The molecule has 0 amide bonds. The third-order valence-electron chi connectivity index (χ3n) is 4.99. The molecule has 3 rings (SSSR count). The predicted molar refractivity (Wildman–Crippen MR) is 90.6 cm³/mol. The van der Waals surface area contributed by atoms with Crippen molar-refractivity contribution in [3.05, 3.63) is 46.5 Å². The summed E-state index contributed by atoms with van der Waals surface area (Å²) in [7, 11) is 0. The maximum Gasteiger partial charge on any atom is 0.127 e. The van der Waals surface area contributed by atoms with E-state index in [-0.39, 0.29) is 0 Å². The molecule has 1 saturated heterocycles. The van der Waals surface area contributed by atoms with Crippen molar-refractivity contribution in [1.82, 2.24) is 0 Å². The van der Waals surface area contributed by atoms with Gasteiger partial charge in [0.05, 0.1) is 6.54 Å². The van der Waals surface area contributed by atoms with E-state index in [1.165, 1.54) is 68.6 Å². The van der Waals surface area contributed by atoms with Gasteiger partial charge in [0.1, 0.15) is 32.7 Å². The Bertz CT molecular complexity index is 461. The molecule has 0 saturated carbocycles. The molecule has 2 N–H and O–H groups in total. The highest BCUT2D eigenvalue weighted by atomic mass is 79.9. The molecule has 0 aromatic heterocycles. The average molecular weight is 351 g/mol. The molecule has 2 nitrogen and oxygen atoms in total. The molecule has 0 bridgehead atoms. The van der Waals surface area contributed by atoms with Crippen LogP contribution in [0.5, 0.6) is 0 Å². The van der Waals surface area contributed by atoms with Crippen molar-refractivity contribution in [1.29, 1.82) is 0 Å².